The number of carbonyl (C=O) groups is 1. The Morgan fingerprint density at radius 2 is 2.06 bits per heavy atom. The van der Waals surface area contributed by atoms with Crippen molar-refractivity contribution in [1.29, 1.82) is 0 Å². The van der Waals surface area contributed by atoms with Crippen molar-refractivity contribution in [2.75, 3.05) is 7.11 Å². The maximum Gasteiger partial charge on any atom is 0.356 e. The number of hydrogen-bond donors (Lipinski definition) is 0. The van der Waals surface area contributed by atoms with Gasteiger partial charge in [-0.2, -0.15) is 0 Å². The van der Waals surface area contributed by atoms with E-state index in [2.05, 4.69) is 4.98 Å². The lowest BCUT2D eigenvalue weighted by Gasteiger charge is -2.02. The third-order valence-electron chi connectivity index (χ3n) is 3.07. The average molecular weight is 240 g/mol. The molecule has 0 unspecified atom stereocenters. The van der Waals surface area contributed by atoms with Gasteiger partial charge in [0.2, 0.25) is 0 Å². The minimum absolute atomic E-state index is 0.365. The second-order valence-electron chi connectivity index (χ2n) is 4.13. The summed E-state index contributed by atoms with van der Waals surface area (Å²) in [6.45, 7) is 1.81. The van der Waals surface area contributed by atoms with Crippen molar-refractivity contribution in [3.05, 3.63) is 47.9 Å². The SMILES string of the molecule is COC(=O)c1c(C)nc2c3ccccc3ccn12. The molecule has 0 amide bonds. The Hall–Kier alpha value is -2.36. The van der Waals surface area contributed by atoms with E-state index < -0.39 is 0 Å². The highest BCUT2D eigenvalue weighted by Crippen LogP contribution is 2.22. The van der Waals surface area contributed by atoms with Gasteiger partial charge in [0.15, 0.2) is 5.69 Å². The van der Waals surface area contributed by atoms with Crippen LogP contribution in [0, 0.1) is 6.92 Å². The van der Waals surface area contributed by atoms with E-state index in [9.17, 15) is 4.79 Å². The maximum absolute atomic E-state index is 11.8. The van der Waals surface area contributed by atoms with Crippen molar-refractivity contribution < 1.29 is 9.53 Å². The quantitative estimate of drug-likeness (QED) is 0.614. The molecule has 4 nitrogen and oxygen atoms in total. The van der Waals surface area contributed by atoms with Crippen molar-refractivity contribution >= 4 is 22.4 Å². The number of carbonyl (C=O) groups excluding carboxylic acids is 1. The predicted molar refractivity (Wildman–Crippen MR) is 68.8 cm³/mol. The molecule has 0 aliphatic rings. The number of benzene rings is 1. The summed E-state index contributed by atoms with van der Waals surface area (Å²) in [5.41, 5.74) is 1.95. The van der Waals surface area contributed by atoms with Crippen LogP contribution in [0.15, 0.2) is 36.5 Å². The highest BCUT2D eigenvalue weighted by Gasteiger charge is 2.17. The zero-order valence-electron chi connectivity index (χ0n) is 10.2. The highest BCUT2D eigenvalue weighted by atomic mass is 16.5. The summed E-state index contributed by atoms with van der Waals surface area (Å²) in [6, 6.07) is 9.94. The van der Waals surface area contributed by atoms with E-state index in [1.807, 2.05) is 43.5 Å². The fourth-order valence-corrected chi connectivity index (χ4v) is 2.22. The summed E-state index contributed by atoms with van der Waals surface area (Å²) in [5.74, 6) is -0.365. The molecule has 3 aromatic rings. The normalized spacial score (nSPS) is 11.0. The maximum atomic E-state index is 11.8. The summed E-state index contributed by atoms with van der Waals surface area (Å²) in [4.78, 5) is 16.2. The van der Waals surface area contributed by atoms with Gasteiger partial charge in [0.1, 0.15) is 5.65 Å². The number of rotatable bonds is 1. The first-order valence-electron chi connectivity index (χ1n) is 5.67. The molecule has 0 atom stereocenters. The minimum Gasteiger partial charge on any atom is -0.464 e. The predicted octanol–water partition coefficient (Wildman–Crippen LogP) is 2.58. The molecule has 4 heteroatoms. The van der Waals surface area contributed by atoms with Crippen LogP contribution < -0.4 is 0 Å². The van der Waals surface area contributed by atoms with E-state index in [-0.39, 0.29) is 5.97 Å². The molecule has 2 aromatic heterocycles. The molecule has 0 radical (unpaired) electrons. The fraction of sp³-hybridized carbons (Fsp3) is 0.143. The Morgan fingerprint density at radius 1 is 1.28 bits per heavy atom. The van der Waals surface area contributed by atoms with Gasteiger partial charge in [0.25, 0.3) is 0 Å². The second-order valence-corrected chi connectivity index (χ2v) is 4.13. The van der Waals surface area contributed by atoms with Gasteiger partial charge in [-0.1, -0.05) is 24.3 Å². The zero-order chi connectivity index (χ0) is 12.7. The number of pyridine rings is 1. The van der Waals surface area contributed by atoms with Gasteiger partial charge in [0.05, 0.1) is 12.8 Å². The Balaban J connectivity index is 2.44. The summed E-state index contributed by atoms with van der Waals surface area (Å²) < 4.78 is 6.58. The third kappa shape index (κ3) is 1.39. The van der Waals surface area contributed by atoms with Crippen LogP contribution >= 0.6 is 0 Å². The number of hydrogen-bond acceptors (Lipinski definition) is 3. The smallest absolute Gasteiger partial charge is 0.356 e. The van der Waals surface area contributed by atoms with Crippen molar-refractivity contribution in [2.45, 2.75) is 6.92 Å². The van der Waals surface area contributed by atoms with Crippen LogP contribution in [0.1, 0.15) is 16.2 Å². The van der Waals surface area contributed by atoms with E-state index in [1.54, 1.807) is 4.40 Å². The lowest BCUT2D eigenvalue weighted by atomic mass is 10.2. The molecule has 0 saturated carbocycles. The van der Waals surface area contributed by atoms with E-state index in [0.717, 1.165) is 16.4 Å². The summed E-state index contributed by atoms with van der Waals surface area (Å²) in [5, 5.41) is 2.13. The minimum atomic E-state index is -0.365. The number of imidazole rings is 1. The molecule has 0 saturated heterocycles. The van der Waals surface area contributed by atoms with Crippen LogP contribution in [-0.4, -0.2) is 22.5 Å². The van der Waals surface area contributed by atoms with E-state index >= 15 is 0 Å². The summed E-state index contributed by atoms with van der Waals surface area (Å²) >= 11 is 0. The molecule has 0 aliphatic heterocycles. The Labute approximate surface area is 104 Å². The number of ether oxygens (including phenoxy) is 1. The molecule has 0 aliphatic carbocycles. The van der Waals surface area contributed by atoms with Crippen molar-refractivity contribution in [3.8, 4) is 0 Å². The molecule has 0 fully saturated rings. The van der Waals surface area contributed by atoms with Crippen LogP contribution in [0.4, 0.5) is 0 Å². The fourth-order valence-electron chi connectivity index (χ4n) is 2.22. The first-order chi connectivity index (χ1) is 8.72. The molecule has 0 N–H and O–H groups in total. The molecule has 0 spiro atoms. The first kappa shape index (κ1) is 10.8. The highest BCUT2D eigenvalue weighted by molar-refractivity contribution is 5.97. The van der Waals surface area contributed by atoms with Gasteiger partial charge >= 0.3 is 5.97 Å². The molecular weight excluding hydrogens is 228 g/mol. The van der Waals surface area contributed by atoms with Gasteiger partial charge in [-0.05, 0) is 18.4 Å². The molecule has 0 bridgehead atoms. The number of esters is 1. The Bertz CT molecular complexity index is 759. The molecular formula is C14H12N2O2. The van der Waals surface area contributed by atoms with Crippen LogP contribution in [-0.2, 0) is 4.74 Å². The lowest BCUT2D eigenvalue weighted by Crippen LogP contribution is -2.06. The third-order valence-corrected chi connectivity index (χ3v) is 3.07. The van der Waals surface area contributed by atoms with Crippen LogP contribution in [0.5, 0.6) is 0 Å². The van der Waals surface area contributed by atoms with Gasteiger partial charge in [-0.3, -0.25) is 4.40 Å². The lowest BCUT2D eigenvalue weighted by molar-refractivity contribution is 0.0592. The largest absolute Gasteiger partial charge is 0.464 e. The van der Waals surface area contributed by atoms with Crippen molar-refractivity contribution in [3.63, 3.8) is 0 Å². The van der Waals surface area contributed by atoms with Crippen molar-refractivity contribution in [1.82, 2.24) is 9.38 Å². The van der Waals surface area contributed by atoms with Crippen molar-refractivity contribution in [2.24, 2.45) is 0 Å². The van der Waals surface area contributed by atoms with Crippen LogP contribution in [0.2, 0.25) is 0 Å². The topological polar surface area (TPSA) is 43.6 Å². The van der Waals surface area contributed by atoms with E-state index in [1.165, 1.54) is 7.11 Å². The Kier molecular flexibility index (Phi) is 2.30. The molecule has 1 aromatic carbocycles. The number of fused-ring (bicyclic) bond motifs is 3. The van der Waals surface area contributed by atoms with Gasteiger partial charge in [-0.25, -0.2) is 9.78 Å². The summed E-state index contributed by atoms with van der Waals surface area (Å²) in [6.07, 6.45) is 1.85. The zero-order valence-corrected chi connectivity index (χ0v) is 10.2. The van der Waals surface area contributed by atoms with E-state index in [0.29, 0.717) is 11.4 Å². The summed E-state index contributed by atoms with van der Waals surface area (Å²) in [7, 11) is 1.38. The molecule has 18 heavy (non-hydrogen) atoms. The number of aryl methyl sites for hydroxylation is 1. The Morgan fingerprint density at radius 3 is 2.83 bits per heavy atom. The van der Waals surface area contributed by atoms with Crippen LogP contribution in [0.25, 0.3) is 16.4 Å². The monoisotopic (exact) mass is 240 g/mol. The molecule has 90 valence electrons. The molecule has 2 heterocycles. The van der Waals surface area contributed by atoms with Crippen LogP contribution in [0.3, 0.4) is 0 Å². The first-order valence-corrected chi connectivity index (χ1v) is 5.67. The number of aromatic nitrogens is 2. The average Bonchev–Trinajstić information content (AvgIpc) is 2.74. The standard InChI is InChI=1S/C14H12N2O2/c1-9-12(14(17)18-2)16-8-7-10-5-3-4-6-11(10)13(16)15-9/h3-8H,1-2H3. The number of nitrogens with zero attached hydrogens (tertiary/aromatic N) is 2. The van der Waals surface area contributed by atoms with Gasteiger partial charge in [0, 0.05) is 11.6 Å². The van der Waals surface area contributed by atoms with Gasteiger partial charge < -0.3 is 4.74 Å². The number of methoxy groups -OCH3 is 1. The van der Waals surface area contributed by atoms with Gasteiger partial charge in [-0.15, -0.1) is 0 Å². The van der Waals surface area contributed by atoms with E-state index in [4.69, 9.17) is 4.74 Å². The second kappa shape index (κ2) is 3.84. The molecule has 3 rings (SSSR count).